The van der Waals surface area contributed by atoms with Crippen molar-refractivity contribution in [3.63, 3.8) is 0 Å². The van der Waals surface area contributed by atoms with Crippen molar-refractivity contribution in [1.82, 2.24) is 9.80 Å². The zero-order valence-electron chi connectivity index (χ0n) is 17.0. The van der Waals surface area contributed by atoms with Crippen LogP contribution in [0.2, 0.25) is 0 Å². The highest BCUT2D eigenvalue weighted by Crippen LogP contribution is 2.40. The van der Waals surface area contributed by atoms with E-state index in [2.05, 4.69) is 9.64 Å². The van der Waals surface area contributed by atoms with Crippen LogP contribution in [0, 0.1) is 0 Å². The highest BCUT2D eigenvalue weighted by molar-refractivity contribution is 5.68. The van der Waals surface area contributed by atoms with E-state index in [-0.39, 0.29) is 5.54 Å². The Kier molecular flexibility index (Phi) is 5.74. The maximum Gasteiger partial charge on any atom is 0.425 e. The number of fused-ring (bicyclic) bond motifs is 1. The van der Waals surface area contributed by atoms with E-state index in [0.29, 0.717) is 26.3 Å². The fourth-order valence-electron chi connectivity index (χ4n) is 4.61. The molecule has 30 heavy (non-hydrogen) atoms. The van der Waals surface area contributed by atoms with Gasteiger partial charge in [-0.15, -0.1) is 0 Å². The van der Waals surface area contributed by atoms with Crippen LogP contribution in [0.4, 0.5) is 18.0 Å². The number of carbonyl (C=O) groups excluding carboxylic acids is 1. The van der Waals surface area contributed by atoms with Gasteiger partial charge in [-0.2, -0.15) is 13.2 Å². The fourth-order valence-corrected chi connectivity index (χ4v) is 4.61. The number of halogens is 3. The number of piperidine rings is 1. The Bertz CT molecular complexity index is 778. The summed E-state index contributed by atoms with van der Waals surface area (Å²) in [6.07, 6.45) is -3.97. The molecule has 0 aliphatic carbocycles. The molecule has 1 spiro atoms. The van der Waals surface area contributed by atoms with Crippen molar-refractivity contribution in [2.45, 2.75) is 57.0 Å². The van der Waals surface area contributed by atoms with Gasteiger partial charge in [0.05, 0.1) is 0 Å². The SMILES string of the molecule is CC(OC(=O)N1CCC2(CCCN2Cc2ccc3c(c2)OCCO3)CC1)C(F)(F)F. The molecule has 3 heterocycles. The number of rotatable bonds is 3. The van der Waals surface area contributed by atoms with Crippen molar-refractivity contribution in [3.8, 4) is 11.5 Å². The molecule has 4 rings (SSSR count). The predicted octanol–water partition coefficient (Wildman–Crippen LogP) is 3.98. The highest BCUT2D eigenvalue weighted by Gasteiger charge is 2.45. The molecule has 0 N–H and O–H groups in total. The summed E-state index contributed by atoms with van der Waals surface area (Å²) in [5, 5.41) is 0. The van der Waals surface area contributed by atoms with Gasteiger partial charge in [0.15, 0.2) is 17.6 Å². The molecule has 3 aliphatic heterocycles. The van der Waals surface area contributed by atoms with Crippen LogP contribution in [0.15, 0.2) is 18.2 Å². The number of hydrogen-bond donors (Lipinski definition) is 0. The molecule has 0 radical (unpaired) electrons. The third-order valence-electron chi connectivity index (χ3n) is 6.41. The summed E-state index contributed by atoms with van der Waals surface area (Å²) in [6, 6.07) is 6.00. The number of hydrogen-bond acceptors (Lipinski definition) is 5. The third-order valence-corrected chi connectivity index (χ3v) is 6.41. The van der Waals surface area contributed by atoms with Gasteiger partial charge in [-0.1, -0.05) is 6.07 Å². The van der Waals surface area contributed by atoms with Crippen molar-refractivity contribution in [2.75, 3.05) is 32.8 Å². The zero-order chi connectivity index (χ0) is 21.4. The van der Waals surface area contributed by atoms with Crippen LogP contribution in [0.25, 0.3) is 0 Å². The summed E-state index contributed by atoms with van der Waals surface area (Å²) >= 11 is 0. The molecule has 1 unspecified atom stereocenters. The summed E-state index contributed by atoms with van der Waals surface area (Å²) in [4.78, 5) is 16.0. The third kappa shape index (κ3) is 4.31. The number of carbonyl (C=O) groups is 1. The van der Waals surface area contributed by atoms with E-state index in [4.69, 9.17) is 9.47 Å². The molecule has 0 saturated carbocycles. The van der Waals surface area contributed by atoms with Crippen LogP contribution in [0.3, 0.4) is 0 Å². The number of alkyl halides is 3. The van der Waals surface area contributed by atoms with Crippen LogP contribution in [-0.2, 0) is 11.3 Å². The number of nitrogens with zero attached hydrogens (tertiary/aromatic N) is 2. The van der Waals surface area contributed by atoms with Crippen molar-refractivity contribution < 1.29 is 32.2 Å². The van der Waals surface area contributed by atoms with Gasteiger partial charge in [0, 0.05) is 25.2 Å². The maximum absolute atomic E-state index is 12.7. The van der Waals surface area contributed by atoms with E-state index < -0.39 is 18.4 Å². The lowest BCUT2D eigenvalue weighted by Gasteiger charge is -2.45. The minimum atomic E-state index is -4.54. The van der Waals surface area contributed by atoms with E-state index in [1.807, 2.05) is 18.2 Å². The Morgan fingerprint density at radius 3 is 2.53 bits per heavy atom. The maximum atomic E-state index is 12.7. The summed E-state index contributed by atoms with van der Waals surface area (Å²) in [5.41, 5.74) is 1.11. The number of benzene rings is 1. The van der Waals surface area contributed by atoms with Crippen molar-refractivity contribution in [2.24, 2.45) is 0 Å². The summed E-state index contributed by atoms with van der Waals surface area (Å²) < 4.78 is 53.9. The lowest BCUT2D eigenvalue weighted by Crippen LogP contribution is -2.53. The normalized spacial score (nSPS) is 22.2. The molecule has 1 atom stereocenters. The van der Waals surface area contributed by atoms with Crippen molar-refractivity contribution in [3.05, 3.63) is 23.8 Å². The molecule has 1 aromatic rings. The van der Waals surface area contributed by atoms with E-state index >= 15 is 0 Å². The predicted molar refractivity (Wildman–Crippen MR) is 103 cm³/mol. The van der Waals surface area contributed by atoms with Crippen LogP contribution < -0.4 is 9.47 Å². The quantitative estimate of drug-likeness (QED) is 0.729. The van der Waals surface area contributed by atoms with Gasteiger partial charge in [0.2, 0.25) is 0 Å². The van der Waals surface area contributed by atoms with Gasteiger partial charge in [0.25, 0.3) is 0 Å². The van der Waals surface area contributed by atoms with Crippen LogP contribution in [-0.4, -0.2) is 66.6 Å². The van der Waals surface area contributed by atoms with Gasteiger partial charge in [-0.25, -0.2) is 4.79 Å². The molecule has 1 aromatic carbocycles. The van der Waals surface area contributed by atoms with Gasteiger partial charge in [0.1, 0.15) is 13.2 Å². The Hall–Kier alpha value is -2.16. The molecular formula is C21H27F3N2O4. The van der Waals surface area contributed by atoms with Crippen LogP contribution in [0.1, 0.15) is 38.2 Å². The van der Waals surface area contributed by atoms with Gasteiger partial charge in [-0.05, 0) is 56.8 Å². The average Bonchev–Trinajstić information content (AvgIpc) is 3.09. The molecule has 2 fully saturated rings. The molecule has 166 valence electrons. The largest absolute Gasteiger partial charge is 0.486 e. The Morgan fingerprint density at radius 1 is 1.13 bits per heavy atom. The Balaban J connectivity index is 1.36. The average molecular weight is 428 g/mol. The lowest BCUT2D eigenvalue weighted by atomic mass is 9.85. The smallest absolute Gasteiger partial charge is 0.425 e. The first-order chi connectivity index (χ1) is 14.3. The Morgan fingerprint density at radius 2 is 1.83 bits per heavy atom. The van der Waals surface area contributed by atoms with Gasteiger partial charge < -0.3 is 19.1 Å². The monoisotopic (exact) mass is 428 g/mol. The lowest BCUT2D eigenvalue weighted by molar-refractivity contribution is -0.200. The van der Waals surface area contributed by atoms with E-state index in [0.717, 1.165) is 62.8 Å². The first-order valence-corrected chi connectivity index (χ1v) is 10.4. The standard InChI is InChI=1S/C21H27F3N2O4/c1-15(21(22,23)24)30-19(27)25-9-6-20(7-10-25)5-2-8-26(20)14-16-3-4-17-18(13-16)29-12-11-28-17/h3-4,13,15H,2,5-12,14H2,1H3. The highest BCUT2D eigenvalue weighted by atomic mass is 19.4. The first kappa shape index (κ1) is 21.1. The van der Waals surface area contributed by atoms with Gasteiger partial charge in [-0.3, -0.25) is 4.90 Å². The minimum absolute atomic E-state index is 0.0281. The molecule has 2 saturated heterocycles. The van der Waals surface area contributed by atoms with E-state index in [9.17, 15) is 18.0 Å². The molecule has 9 heteroatoms. The molecule has 0 bridgehead atoms. The van der Waals surface area contributed by atoms with Gasteiger partial charge >= 0.3 is 12.3 Å². The number of amides is 1. The molecule has 1 amide bonds. The summed E-state index contributed by atoms with van der Waals surface area (Å²) in [5.74, 6) is 1.53. The molecule has 6 nitrogen and oxygen atoms in total. The molecular weight excluding hydrogens is 401 g/mol. The van der Waals surface area contributed by atoms with Crippen LogP contribution in [0.5, 0.6) is 11.5 Å². The van der Waals surface area contributed by atoms with Crippen molar-refractivity contribution in [1.29, 1.82) is 0 Å². The summed E-state index contributed by atoms with van der Waals surface area (Å²) in [7, 11) is 0. The number of likely N-dealkylation sites (tertiary alicyclic amines) is 2. The zero-order valence-corrected chi connectivity index (χ0v) is 17.0. The second kappa shape index (κ2) is 8.17. The Labute approximate surface area is 173 Å². The second-order valence-corrected chi connectivity index (χ2v) is 8.28. The van der Waals surface area contributed by atoms with E-state index in [1.165, 1.54) is 4.90 Å². The number of ether oxygens (including phenoxy) is 3. The van der Waals surface area contributed by atoms with Crippen molar-refractivity contribution >= 4 is 6.09 Å². The summed E-state index contributed by atoms with van der Waals surface area (Å²) in [6.45, 7) is 4.50. The minimum Gasteiger partial charge on any atom is -0.486 e. The van der Waals surface area contributed by atoms with E-state index in [1.54, 1.807) is 0 Å². The fraction of sp³-hybridized carbons (Fsp3) is 0.667. The second-order valence-electron chi connectivity index (χ2n) is 8.28. The first-order valence-electron chi connectivity index (χ1n) is 10.4. The topological polar surface area (TPSA) is 51.2 Å². The molecule has 3 aliphatic rings. The molecule has 0 aromatic heterocycles. The van der Waals surface area contributed by atoms with Crippen LogP contribution >= 0.6 is 0 Å².